The summed E-state index contributed by atoms with van der Waals surface area (Å²) >= 11 is 0. The van der Waals surface area contributed by atoms with E-state index in [9.17, 15) is 4.79 Å². The van der Waals surface area contributed by atoms with Gasteiger partial charge in [-0.05, 0) is 31.5 Å². The number of aromatic nitrogens is 2. The van der Waals surface area contributed by atoms with Crippen LogP contribution in [0.1, 0.15) is 22.6 Å². The molecule has 1 aromatic heterocycles. The first kappa shape index (κ1) is 20.1. The van der Waals surface area contributed by atoms with E-state index in [0.29, 0.717) is 5.69 Å². The van der Waals surface area contributed by atoms with E-state index in [2.05, 4.69) is 14.9 Å². The molecule has 156 valence electrons. The fourth-order valence-corrected chi connectivity index (χ4v) is 4.05. The van der Waals surface area contributed by atoms with Crippen molar-refractivity contribution in [1.29, 1.82) is 0 Å². The Hall–Kier alpha value is -2.22. The molecule has 0 bridgehead atoms. The van der Waals surface area contributed by atoms with E-state index in [1.165, 1.54) is 0 Å². The zero-order chi connectivity index (χ0) is 20.1. The van der Waals surface area contributed by atoms with Crippen molar-refractivity contribution in [1.82, 2.24) is 24.5 Å². The summed E-state index contributed by atoms with van der Waals surface area (Å²) in [5.74, 6) is 0.0344. The summed E-state index contributed by atoms with van der Waals surface area (Å²) in [6.07, 6.45) is 1.12. The van der Waals surface area contributed by atoms with Gasteiger partial charge in [-0.25, -0.2) is 4.68 Å². The minimum atomic E-state index is 0.0344. The van der Waals surface area contributed by atoms with Crippen LogP contribution in [0.25, 0.3) is 5.69 Å². The summed E-state index contributed by atoms with van der Waals surface area (Å²) in [6, 6.07) is 11.8. The van der Waals surface area contributed by atoms with Crippen molar-refractivity contribution in [2.75, 3.05) is 65.6 Å². The molecule has 1 amide bonds. The molecule has 29 heavy (non-hydrogen) atoms. The zero-order valence-corrected chi connectivity index (χ0v) is 17.3. The number of carbonyl (C=O) groups is 1. The summed E-state index contributed by atoms with van der Waals surface area (Å²) in [6.45, 7) is 11.4. The summed E-state index contributed by atoms with van der Waals surface area (Å²) < 4.78 is 7.37. The molecule has 0 spiro atoms. The molecule has 0 aliphatic carbocycles. The molecule has 7 nitrogen and oxygen atoms in total. The number of hydrogen-bond donors (Lipinski definition) is 0. The van der Waals surface area contributed by atoms with Crippen molar-refractivity contribution >= 4 is 5.91 Å². The Kier molecular flexibility index (Phi) is 6.59. The molecule has 3 heterocycles. The molecule has 2 aliphatic rings. The van der Waals surface area contributed by atoms with Crippen molar-refractivity contribution in [2.45, 2.75) is 13.3 Å². The van der Waals surface area contributed by atoms with Gasteiger partial charge in [-0.2, -0.15) is 5.10 Å². The van der Waals surface area contributed by atoms with Gasteiger partial charge in [0.05, 0.1) is 12.3 Å². The molecular weight excluding hydrogens is 366 g/mol. The van der Waals surface area contributed by atoms with Gasteiger partial charge in [-0.3, -0.25) is 14.6 Å². The number of ether oxygens (including phenoxy) is 1. The summed E-state index contributed by atoms with van der Waals surface area (Å²) in [5.41, 5.74) is 2.48. The highest BCUT2D eigenvalue weighted by molar-refractivity contribution is 5.92. The fraction of sp³-hybridized carbons (Fsp3) is 0.545. The number of hydrogen-bond acceptors (Lipinski definition) is 5. The van der Waals surface area contributed by atoms with Crippen LogP contribution in [0.15, 0.2) is 36.4 Å². The van der Waals surface area contributed by atoms with Crippen LogP contribution in [0.3, 0.4) is 0 Å². The van der Waals surface area contributed by atoms with Crippen LogP contribution < -0.4 is 0 Å². The van der Waals surface area contributed by atoms with E-state index < -0.39 is 0 Å². The third-order valence-electron chi connectivity index (χ3n) is 5.81. The first-order valence-electron chi connectivity index (χ1n) is 10.6. The molecule has 0 N–H and O–H groups in total. The van der Waals surface area contributed by atoms with Gasteiger partial charge in [0.15, 0.2) is 5.69 Å². The topological polar surface area (TPSA) is 53.8 Å². The number of piperazine rings is 1. The average Bonchev–Trinajstić information content (AvgIpc) is 2.97. The molecule has 0 saturated carbocycles. The lowest BCUT2D eigenvalue weighted by Crippen LogP contribution is -2.50. The van der Waals surface area contributed by atoms with Crippen LogP contribution in [-0.2, 0) is 4.74 Å². The minimum absolute atomic E-state index is 0.0344. The lowest BCUT2D eigenvalue weighted by Gasteiger charge is -2.35. The van der Waals surface area contributed by atoms with Crippen LogP contribution in [0, 0.1) is 6.92 Å². The van der Waals surface area contributed by atoms with E-state index in [-0.39, 0.29) is 5.91 Å². The fourth-order valence-electron chi connectivity index (χ4n) is 4.05. The van der Waals surface area contributed by atoms with Crippen LogP contribution in [0.2, 0.25) is 0 Å². The Morgan fingerprint density at radius 3 is 2.45 bits per heavy atom. The van der Waals surface area contributed by atoms with E-state index in [1.54, 1.807) is 0 Å². The minimum Gasteiger partial charge on any atom is -0.380 e. The molecule has 2 saturated heterocycles. The second-order valence-electron chi connectivity index (χ2n) is 7.86. The van der Waals surface area contributed by atoms with Crippen LogP contribution in [-0.4, -0.2) is 96.0 Å². The third-order valence-corrected chi connectivity index (χ3v) is 5.81. The average molecular weight is 398 g/mol. The van der Waals surface area contributed by atoms with E-state index in [4.69, 9.17) is 4.74 Å². The SMILES string of the molecule is Cc1cc(C(=O)N2CCN(CCN3CCCOCC3)CC2)nn1-c1ccccc1. The van der Waals surface area contributed by atoms with Crippen LogP contribution in [0.4, 0.5) is 0 Å². The van der Waals surface area contributed by atoms with E-state index in [1.807, 2.05) is 52.9 Å². The van der Waals surface area contributed by atoms with Crippen molar-refractivity contribution in [3.05, 3.63) is 47.8 Å². The lowest BCUT2D eigenvalue weighted by molar-refractivity contribution is 0.0615. The number of aryl methyl sites for hydroxylation is 1. The normalized spacial score (nSPS) is 19.3. The van der Waals surface area contributed by atoms with Crippen molar-refractivity contribution < 1.29 is 9.53 Å². The lowest BCUT2D eigenvalue weighted by atomic mass is 10.2. The van der Waals surface area contributed by atoms with Crippen molar-refractivity contribution in [3.63, 3.8) is 0 Å². The van der Waals surface area contributed by atoms with Gasteiger partial charge in [0.2, 0.25) is 0 Å². The zero-order valence-electron chi connectivity index (χ0n) is 17.3. The van der Waals surface area contributed by atoms with Gasteiger partial charge in [-0.15, -0.1) is 0 Å². The monoisotopic (exact) mass is 397 g/mol. The van der Waals surface area contributed by atoms with E-state index in [0.717, 1.165) is 83.4 Å². The van der Waals surface area contributed by atoms with Crippen molar-refractivity contribution in [2.24, 2.45) is 0 Å². The first-order chi connectivity index (χ1) is 14.2. The first-order valence-corrected chi connectivity index (χ1v) is 10.6. The number of carbonyl (C=O) groups excluding carboxylic acids is 1. The number of nitrogens with zero attached hydrogens (tertiary/aromatic N) is 5. The highest BCUT2D eigenvalue weighted by Crippen LogP contribution is 2.14. The Morgan fingerprint density at radius 2 is 1.69 bits per heavy atom. The molecule has 0 radical (unpaired) electrons. The second-order valence-corrected chi connectivity index (χ2v) is 7.86. The number of benzene rings is 1. The van der Waals surface area contributed by atoms with Crippen LogP contribution >= 0.6 is 0 Å². The summed E-state index contributed by atoms with van der Waals surface area (Å²) in [5, 5.41) is 4.57. The van der Waals surface area contributed by atoms with Gasteiger partial charge in [0.25, 0.3) is 5.91 Å². The van der Waals surface area contributed by atoms with Gasteiger partial charge in [-0.1, -0.05) is 18.2 Å². The summed E-state index contributed by atoms with van der Waals surface area (Å²) in [4.78, 5) is 19.8. The third kappa shape index (κ3) is 5.04. The molecule has 1 aromatic carbocycles. The second kappa shape index (κ2) is 9.52. The highest BCUT2D eigenvalue weighted by atomic mass is 16.5. The molecule has 0 unspecified atom stereocenters. The largest absolute Gasteiger partial charge is 0.380 e. The van der Waals surface area contributed by atoms with E-state index >= 15 is 0 Å². The number of amides is 1. The van der Waals surface area contributed by atoms with Gasteiger partial charge in [0, 0.05) is 64.7 Å². The molecule has 2 fully saturated rings. The molecule has 4 rings (SSSR count). The Balaban J connectivity index is 1.29. The number of rotatable bonds is 5. The standard InChI is InChI=1S/C22H31N5O2/c1-19-18-21(23-27(19)20-6-3-2-4-7-20)22(28)26-13-11-25(12-14-26)10-9-24-8-5-16-29-17-15-24/h2-4,6-7,18H,5,8-17H2,1H3. The van der Waals surface area contributed by atoms with Gasteiger partial charge >= 0.3 is 0 Å². The van der Waals surface area contributed by atoms with Crippen LogP contribution in [0.5, 0.6) is 0 Å². The smallest absolute Gasteiger partial charge is 0.274 e. The maximum Gasteiger partial charge on any atom is 0.274 e. The molecule has 2 aliphatic heterocycles. The molecule has 7 heteroatoms. The molecule has 0 atom stereocenters. The summed E-state index contributed by atoms with van der Waals surface area (Å²) in [7, 11) is 0. The van der Waals surface area contributed by atoms with Crippen molar-refractivity contribution in [3.8, 4) is 5.69 Å². The Morgan fingerprint density at radius 1 is 0.966 bits per heavy atom. The molecule has 2 aromatic rings. The Bertz CT molecular complexity index is 791. The Labute approximate surface area is 172 Å². The quantitative estimate of drug-likeness (QED) is 0.768. The van der Waals surface area contributed by atoms with Gasteiger partial charge in [0.1, 0.15) is 0 Å². The maximum absolute atomic E-state index is 13.0. The highest BCUT2D eigenvalue weighted by Gasteiger charge is 2.24. The predicted molar refractivity (Wildman–Crippen MR) is 113 cm³/mol. The van der Waals surface area contributed by atoms with Gasteiger partial charge < -0.3 is 9.64 Å². The predicted octanol–water partition coefficient (Wildman–Crippen LogP) is 1.66. The maximum atomic E-state index is 13.0. The molecular formula is C22H31N5O2. The number of para-hydroxylation sites is 1.